The Balaban J connectivity index is 1.73. The van der Waals surface area contributed by atoms with Crippen LogP contribution in [0.2, 0.25) is 0 Å². The number of hydrogen-bond donors (Lipinski definition) is 2. The monoisotopic (exact) mass is 367 g/mol. The van der Waals surface area contributed by atoms with Crippen molar-refractivity contribution < 1.29 is 13.2 Å². The van der Waals surface area contributed by atoms with E-state index >= 15 is 0 Å². The molecule has 1 unspecified atom stereocenters. The van der Waals surface area contributed by atoms with Gasteiger partial charge in [-0.05, 0) is 48.2 Å². The first-order chi connectivity index (χ1) is 11.9. The molecule has 1 aliphatic rings. The van der Waals surface area contributed by atoms with E-state index in [0.717, 1.165) is 34.9 Å². The number of benzene rings is 2. The van der Waals surface area contributed by atoms with Crippen LogP contribution in [0.3, 0.4) is 0 Å². The second kappa shape index (κ2) is 5.85. The zero-order valence-electron chi connectivity index (χ0n) is 13.2. The van der Waals surface area contributed by atoms with Crippen LogP contribution in [0.25, 0.3) is 10.9 Å². The molecule has 25 heavy (non-hydrogen) atoms. The number of carbonyl (C=O) groups is 1. The molecule has 1 aliphatic carbocycles. The van der Waals surface area contributed by atoms with Gasteiger partial charge < -0.3 is 10.3 Å². The number of hydrogen-bond acceptors (Lipinski definition) is 3. The van der Waals surface area contributed by atoms with Crippen LogP contribution in [0.1, 0.15) is 23.6 Å². The maximum atomic E-state index is 13.0. The van der Waals surface area contributed by atoms with Crippen molar-refractivity contribution in [2.75, 3.05) is 0 Å². The average Bonchev–Trinajstić information content (AvgIpc) is 3.18. The van der Waals surface area contributed by atoms with Crippen LogP contribution in [0.5, 0.6) is 0 Å². The van der Waals surface area contributed by atoms with Gasteiger partial charge >= 0.3 is 0 Å². The normalized spacial score (nSPS) is 16.8. The van der Waals surface area contributed by atoms with Crippen molar-refractivity contribution >= 4 is 36.5 Å². The molecule has 0 saturated carbocycles. The van der Waals surface area contributed by atoms with Crippen LogP contribution in [-0.4, -0.2) is 29.2 Å². The summed E-state index contributed by atoms with van der Waals surface area (Å²) in [4.78, 5) is 14.5. The Morgan fingerprint density at radius 2 is 1.96 bits per heavy atom. The minimum Gasteiger partial charge on any atom is -0.355 e. The third kappa shape index (κ3) is 2.79. The van der Waals surface area contributed by atoms with Crippen LogP contribution >= 0.6 is 0 Å². The van der Waals surface area contributed by atoms with E-state index < -0.39 is 9.84 Å². The maximum Gasteiger partial charge on any atom is 0.221 e. The summed E-state index contributed by atoms with van der Waals surface area (Å²) < 4.78 is 25.9. The Kier molecular flexibility index (Phi) is 3.77. The fourth-order valence-corrected chi connectivity index (χ4v) is 4.89. The number of rotatable bonds is 3. The minimum atomic E-state index is -3.62. The summed E-state index contributed by atoms with van der Waals surface area (Å²) in [6.07, 6.45) is 1.50. The topological polar surface area (TPSA) is 79.0 Å². The van der Waals surface area contributed by atoms with Crippen molar-refractivity contribution in [1.29, 1.82) is 0 Å². The van der Waals surface area contributed by atoms with Gasteiger partial charge in [-0.2, -0.15) is 0 Å². The first kappa shape index (κ1) is 16.1. The van der Waals surface area contributed by atoms with Gasteiger partial charge in [-0.3, -0.25) is 4.79 Å². The summed E-state index contributed by atoms with van der Waals surface area (Å²) in [5.41, 5.74) is 2.46. The van der Waals surface area contributed by atoms with E-state index in [1.165, 1.54) is 0 Å². The van der Waals surface area contributed by atoms with Crippen LogP contribution in [-0.2, 0) is 16.3 Å². The number of aryl methyl sites for hydroxylation is 1. The first-order valence-electron chi connectivity index (χ1n) is 7.93. The van der Waals surface area contributed by atoms with Gasteiger partial charge in [0.1, 0.15) is 5.03 Å². The minimum absolute atomic E-state index is 0.0789. The van der Waals surface area contributed by atoms with Crippen molar-refractivity contribution in [3.8, 4) is 0 Å². The molecule has 0 fully saturated rings. The Labute approximate surface area is 148 Å². The number of aromatic nitrogens is 1. The van der Waals surface area contributed by atoms with Gasteiger partial charge in [-0.25, -0.2) is 8.42 Å². The van der Waals surface area contributed by atoms with E-state index in [1.807, 2.05) is 24.3 Å². The molecule has 1 atom stereocenters. The van der Waals surface area contributed by atoms with Gasteiger partial charge in [0.05, 0.1) is 10.9 Å². The number of aromatic amines is 1. The predicted octanol–water partition coefficient (Wildman–Crippen LogP) is 2.87. The summed E-state index contributed by atoms with van der Waals surface area (Å²) >= 11 is 0. The van der Waals surface area contributed by atoms with Crippen molar-refractivity contribution in [2.45, 2.75) is 28.8 Å². The largest absolute Gasteiger partial charge is 0.355 e. The standard InChI is InChI=1S/C18H15N2O3SSi/c21-18(25)20-16-8-5-11-9-13(6-7-14(11)16)24(22,23)17-10-12-3-1-2-4-15(12)19-17/h1-4,6-7,9-10,16,19H,5,8H2,(H,20,21). The van der Waals surface area contributed by atoms with Crippen molar-refractivity contribution in [2.24, 2.45) is 0 Å². The third-order valence-electron chi connectivity index (χ3n) is 4.60. The van der Waals surface area contributed by atoms with E-state index in [4.69, 9.17) is 0 Å². The highest BCUT2D eigenvalue weighted by molar-refractivity contribution is 7.91. The Morgan fingerprint density at radius 3 is 2.72 bits per heavy atom. The van der Waals surface area contributed by atoms with E-state index in [0.29, 0.717) is 0 Å². The Hall–Kier alpha value is -2.38. The van der Waals surface area contributed by atoms with Gasteiger partial charge in [-0.15, -0.1) is 0 Å². The van der Waals surface area contributed by atoms with Crippen molar-refractivity contribution in [3.05, 3.63) is 59.7 Å². The lowest BCUT2D eigenvalue weighted by molar-refractivity contribution is 0.256. The summed E-state index contributed by atoms with van der Waals surface area (Å²) in [6.45, 7) is 0. The second-order valence-electron chi connectivity index (χ2n) is 6.15. The highest BCUT2D eigenvalue weighted by atomic mass is 32.2. The lowest BCUT2D eigenvalue weighted by atomic mass is 10.1. The van der Waals surface area contributed by atoms with Gasteiger partial charge in [-0.1, -0.05) is 24.3 Å². The maximum absolute atomic E-state index is 13.0. The number of para-hydroxylation sites is 1. The van der Waals surface area contributed by atoms with Crippen LogP contribution < -0.4 is 5.32 Å². The fourth-order valence-electron chi connectivity index (χ4n) is 3.39. The van der Waals surface area contributed by atoms with Gasteiger partial charge in [0.25, 0.3) is 0 Å². The Morgan fingerprint density at radius 1 is 1.16 bits per heavy atom. The molecule has 7 heteroatoms. The molecule has 3 aromatic rings. The fraction of sp³-hybridized carbons (Fsp3) is 0.167. The van der Waals surface area contributed by atoms with E-state index in [1.54, 1.807) is 24.3 Å². The highest BCUT2D eigenvalue weighted by Gasteiger charge is 2.26. The number of H-pyrrole nitrogens is 1. The van der Waals surface area contributed by atoms with Crippen molar-refractivity contribution in [3.63, 3.8) is 0 Å². The van der Waals surface area contributed by atoms with Gasteiger partial charge in [0.15, 0.2) is 15.8 Å². The number of carbonyl (C=O) groups excluding carboxylic acids is 1. The van der Waals surface area contributed by atoms with Crippen LogP contribution in [0, 0.1) is 0 Å². The quantitative estimate of drug-likeness (QED) is 0.699. The Bertz CT molecular complexity index is 1060. The smallest absolute Gasteiger partial charge is 0.221 e. The molecule has 0 aliphatic heterocycles. The molecule has 0 bridgehead atoms. The molecular formula is C18H15N2O3SSi. The van der Waals surface area contributed by atoms with Gasteiger partial charge in [0, 0.05) is 10.9 Å². The molecular weight excluding hydrogens is 352 g/mol. The van der Waals surface area contributed by atoms with E-state index in [-0.39, 0.29) is 21.5 Å². The highest BCUT2D eigenvalue weighted by Crippen LogP contribution is 2.34. The lowest BCUT2D eigenvalue weighted by Gasteiger charge is -2.13. The molecule has 2 aromatic carbocycles. The van der Waals surface area contributed by atoms with Crippen LogP contribution in [0.15, 0.2) is 58.5 Å². The number of nitrogens with one attached hydrogen (secondary N) is 2. The zero-order valence-corrected chi connectivity index (χ0v) is 15.1. The molecule has 1 heterocycles. The summed E-state index contributed by atoms with van der Waals surface area (Å²) in [7, 11) is -0.684. The number of fused-ring (bicyclic) bond motifs is 2. The van der Waals surface area contributed by atoms with Crippen LogP contribution in [0.4, 0.5) is 4.79 Å². The molecule has 0 spiro atoms. The number of sulfone groups is 1. The molecule has 3 radical (unpaired) electrons. The third-order valence-corrected chi connectivity index (χ3v) is 6.42. The average molecular weight is 367 g/mol. The molecule has 2 N–H and O–H groups in total. The summed E-state index contributed by atoms with van der Waals surface area (Å²) in [5.74, 6) is 0. The summed E-state index contributed by atoms with van der Waals surface area (Å²) in [5, 5.41) is 3.88. The van der Waals surface area contributed by atoms with E-state index in [9.17, 15) is 13.2 Å². The molecule has 1 aromatic heterocycles. The predicted molar refractivity (Wildman–Crippen MR) is 95.5 cm³/mol. The SMILES string of the molecule is O=C([Si])NC1CCc2cc(S(=O)(=O)c3cc4ccccc4[nH]3)ccc21. The first-order valence-corrected chi connectivity index (χ1v) is 9.91. The van der Waals surface area contributed by atoms with Gasteiger partial charge in [0.2, 0.25) is 9.84 Å². The molecule has 125 valence electrons. The summed E-state index contributed by atoms with van der Waals surface area (Å²) in [6, 6.07) is 14.2. The molecule has 5 nitrogen and oxygen atoms in total. The molecule has 1 amide bonds. The lowest BCUT2D eigenvalue weighted by Crippen LogP contribution is -2.25. The zero-order chi connectivity index (χ0) is 17.6. The second-order valence-corrected chi connectivity index (χ2v) is 8.52. The molecule has 0 saturated heterocycles. The van der Waals surface area contributed by atoms with E-state index in [2.05, 4.69) is 20.5 Å². The molecule has 4 rings (SSSR count). The number of amides is 1. The van der Waals surface area contributed by atoms with Crippen molar-refractivity contribution in [1.82, 2.24) is 10.3 Å².